The molecule has 5 heteroatoms. The number of rotatable bonds is 5. The van der Waals surface area contributed by atoms with Gasteiger partial charge in [0.1, 0.15) is 6.61 Å². The second-order valence-corrected chi connectivity index (χ2v) is 6.98. The zero-order chi connectivity index (χ0) is 13.7. The van der Waals surface area contributed by atoms with Gasteiger partial charge < -0.3 is 10.1 Å². The minimum atomic E-state index is -0.447. The highest BCUT2D eigenvalue weighted by molar-refractivity contribution is 9.25. The molecule has 0 unspecified atom stereocenters. The molecule has 2 aromatic carbocycles. The van der Waals surface area contributed by atoms with E-state index in [1.807, 2.05) is 24.3 Å². The van der Waals surface area contributed by atoms with Crippen LogP contribution in [0, 0.1) is 0 Å². The van der Waals surface area contributed by atoms with Crippen molar-refractivity contribution in [1.29, 1.82) is 0 Å². The molecule has 19 heavy (non-hydrogen) atoms. The van der Waals surface area contributed by atoms with Gasteiger partial charge in [-0.25, -0.2) is 4.79 Å². The number of carbonyl (C=O) groups excluding carboxylic acids is 1. The summed E-state index contributed by atoms with van der Waals surface area (Å²) < 4.78 is 4.60. The SMILES string of the molecule is O=C(OCCNc1cccc2ccccc12)C(Br)Br. The summed E-state index contributed by atoms with van der Waals surface area (Å²) in [5.41, 5.74) is 1.04. The van der Waals surface area contributed by atoms with Crippen LogP contribution in [0.2, 0.25) is 0 Å². The van der Waals surface area contributed by atoms with Crippen molar-refractivity contribution in [3.05, 3.63) is 42.5 Å². The fraction of sp³-hybridized carbons (Fsp3) is 0.214. The molecule has 0 saturated heterocycles. The van der Waals surface area contributed by atoms with Crippen LogP contribution in [0.25, 0.3) is 10.8 Å². The monoisotopic (exact) mass is 385 g/mol. The van der Waals surface area contributed by atoms with Gasteiger partial charge in [-0.05, 0) is 11.5 Å². The van der Waals surface area contributed by atoms with Gasteiger partial charge in [0.2, 0.25) is 0 Å². The van der Waals surface area contributed by atoms with E-state index in [-0.39, 0.29) is 5.97 Å². The van der Waals surface area contributed by atoms with Crippen molar-refractivity contribution < 1.29 is 9.53 Å². The van der Waals surface area contributed by atoms with Crippen LogP contribution in [0.1, 0.15) is 0 Å². The first kappa shape index (κ1) is 14.3. The van der Waals surface area contributed by atoms with Crippen molar-refractivity contribution in [2.45, 2.75) is 3.74 Å². The largest absolute Gasteiger partial charge is 0.462 e. The first-order chi connectivity index (χ1) is 9.18. The molecule has 0 aliphatic rings. The fourth-order valence-corrected chi connectivity index (χ4v) is 2.04. The number of esters is 1. The summed E-state index contributed by atoms with van der Waals surface area (Å²) in [6, 6.07) is 14.2. The van der Waals surface area contributed by atoms with E-state index in [9.17, 15) is 4.79 Å². The summed E-state index contributed by atoms with van der Waals surface area (Å²) in [5.74, 6) is -0.320. The zero-order valence-corrected chi connectivity index (χ0v) is 13.3. The van der Waals surface area contributed by atoms with Crippen molar-refractivity contribution in [3.63, 3.8) is 0 Å². The third-order valence-corrected chi connectivity index (χ3v) is 3.38. The Morgan fingerprint density at radius 2 is 1.89 bits per heavy atom. The highest BCUT2D eigenvalue weighted by Crippen LogP contribution is 2.22. The van der Waals surface area contributed by atoms with Gasteiger partial charge in [-0.2, -0.15) is 0 Å². The smallest absolute Gasteiger partial charge is 0.330 e. The van der Waals surface area contributed by atoms with Gasteiger partial charge in [0.15, 0.2) is 3.74 Å². The highest BCUT2D eigenvalue weighted by Gasteiger charge is 2.11. The standard InChI is InChI=1S/C14H13Br2NO2/c15-13(16)14(18)19-9-8-17-12-7-3-5-10-4-1-2-6-11(10)12/h1-7,13,17H,8-9H2. The van der Waals surface area contributed by atoms with Crippen LogP contribution in [0.5, 0.6) is 0 Å². The number of benzene rings is 2. The Kier molecular flexibility index (Phi) is 5.22. The minimum Gasteiger partial charge on any atom is -0.462 e. The number of alkyl halides is 2. The average Bonchev–Trinajstić information content (AvgIpc) is 2.43. The van der Waals surface area contributed by atoms with Crippen LogP contribution in [0.4, 0.5) is 5.69 Å². The first-order valence-corrected chi connectivity index (χ1v) is 7.68. The summed E-state index contributed by atoms with van der Waals surface area (Å²) >= 11 is 6.18. The minimum absolute atomic E-state index is 0.320. The number of carbonyl (C=O) groups is 1. The Hall–Kier alpha value is -1.07. The highest BCUT2D eigenvalue weighted by atomic mass is 79.9. The number of fused-ring (bicyclic) bond motifs is 1. The molecule has 2 rings (SSSR count). The number of nitrogens with one attached hydrogen (secondary N) is 1. The summed E-state index contributed by atoms with van der Waals surface area (Å²) in [4.78, 5) is 11.2. The number of anilines is 1. The quantitative estimate of drug-likeness (QED) is 0.481. The summed E-state index contributed by atoms with van der Waals surface area (Å²) in [6.45, 7) is 0.905. The van der Waals surface area contributed by atoms with Crippen molar-refractivity contribution in [2.75, 3.05) is 18.5 Å². The second kappa shape index (κ2) is 6.91. The van der Waals surface area contributed by atoms with Crippen LogP contribution in [-0.2, 0) is 9.53 Å². The van der Waals surface area contributed by atoms with Gasteiger partial charge in [0.05, 0.1) is 0 Å². The van der Waals surface area contributed by atoms with Gasteiger partial charge in [-0.3, -0.25) is 0 Å². The van der Waals surface area contributed by atoms with Crippen LogP contribution >= 0.6 is 31.9 Å². The molecule has 100 valence electrons. The molecule has 0 bridgehead atoms. The lowest BCUT2D eigenvalue weighted by Gasteiger charge is -2.10. The third-order valence-electron chi connectivity index (χ3n) is 2.63. The zero-order valence-electron chi connectivity index (χ0n) is 10.1. The first-order valence-electron chi connectivity index (χ1n) is 5.85. The third kappa shape index (κ3) is 3.94. The predicted octanol–water partition coefficient (Wildman–Crippen LogP) is 3.91. The van der Waals surface area contributed by atoms with E-state index in [0.29, 0.717) is 13.2 Å². The lowest BCUT2D eigenvalue weighted by molar-refractivity contribution is -0.140. The van der Waals surface area contributed by atoms with E-state index < -0.39 is 3.74 Å². The maximum Gasteiger partial charge on any atom is 0.330 e. The average molecular weight is 387 g/mol. The molecular weight excluding hydrogens is 374 g/mol. The topological polar surface area (TPSA) is 38.3 Å². The van der Waals surface area contributed by atoms with Crippen molar-refractivity contribution >= 4 is 54.3 Å². The molecule has 2 aromatic rings. The van der Waals surface area contributed by atoms with Crippen molar-refractivity contribution in [2.24, 2.45) is 0 Å². The number of hydrogen-bond donors (Lipinski definition) is 1. The number of hydrogen-bond acceptors (Lipinski definition) is 3. The summed E-state index contributed by atoms with van der Waals surface area (Å²) in [6.07, 6.45) is 0. The molecule has 0 aromatic heterocycles. The number of ether oxygens (including phenoxy) is 1. The number of halogens is 2. The van der Waals surface area contributed by atoms with Crippen molar-refractivity contribution in [1.82, 2.24) is 0 Å². The Morgan fingerprint density at radius 3 is 2.68 bits per heavy atom. The van der Waals surface area contributed by atoms with Gasteiger partial charge in [-0.1, -0.05) is 68.3 Å². The van der Waals surface area contributed by atoms with E-state index in [1.54, 1.807) is 0 Å². The molecule has 0 amide bonds. The molecule has 0 atom stereocenters. The molecule has 0 radical (unpaired) electrons. The van der Waals surface area contributed by atoms with Crippen LogP contribution < -0.4 is 5.32 Å². The Labute approximate surface area is 128 Å². The molecule has 0 fully saturated rings. The van der Waals surface area contributed by atoms with Gasteiger partial charge in [-0.15, -0.1) is 0 Å². The van der Waals surface area contributed by atoms with E-state index in [2.05, 4.69) is 55.4 Å². The normalized spacial score (nSPS) is 10.7. The van der Waals surface area contributed by atoms with E-state index in [4.69, 9.17) is 4.74 Å². The van der Waals surface area contributed by atoms with Gasteiger partial charge in [0.25, 0.3) is 0 Å². The van der Waals surface area contributed by atoms with Gasteiger partial charge in [0, 0.05) is 17.6 Å². The van der Waals surface area contributed by atoms with Gasteiger partial charge >= 0.3 is 5.97 Å². The summed E-state index contributed by atoms with van der Waals surface area (Å²) in [7, 11) is 0. The lowest BCUT2D eigenvalue weighted by Crippen LogP contribution is -2.17. The molecule has 0 aliphatic heterocycles. The van der Waals surface area contributed by atoms with E-state index in [0.717, 1.165) is 11.1 Å². The Balaban J connectivity index is 1.93. The maximum atomic E-state index is 11.2. The molecule has 0 heterocycles. The van der Waals surface area contributed by atoms with E-state index >= 15 is 0 Å². The molecule has 1 N–H and O–H groups in total. The molecule has 3 nitrogen and oxygen atoms in total. The fourth-order valence-electron chi connectivity index (χ4n) is 1.78. The van der Waals surface area contributed by atoms with Crippen LogP contribution in [-0.4, -0.2) is 22.9 Å². The molecule has 0 saturated carbocycles. The molecule has 0 spiro atoms. The maximum absolute atomic E-state index is 11.2. The predicted molar refractivity (Wildman–Crippen MR) is 85.0 cm³/mol. The summed E-state index contributed by atoms with van der Waals surface area (Å²) in [5, 5.41) is 5.62. The lowest BCUT2D eigenvalue weighted by atomic mass is 10.1. The molecular formula is C14H13Br2NO2. The second-order valence-electron chi connectivity index (χ2n) is 3.92. The van der Waals surface area contributed by atoms with Crippen LogP contribution in [0.3, 0.4) is 0 Å². The Morgan fingerprint density at radius 1 is 1.16 bits per heavy atom. The van der Waals surface area contributed by atoms with Crippen molar-refractivity contribution in [3.8, 4) is 0 Å². The van der Waals surface area contributed by atoms with Crippen LogP contribution in [0.15, 0.2) is 42.5 Å². The molecule has 0 aliphatic carbocycles. The van der Waals surface area contributed by atoms with E-state index in [1.165, 1.54) is 5.39 Å². The Bertz CT molecular complexity index is 567.